The molecule has 3 aromatic rings. The van der Waals surface area contributed by atoms with Gasteiger partial charge < -0.3 is 14.6 Å². The SMILES string of the molecule is CCn1c(COc2ccccc2C)nnc1SCC(=O)Nc1ccc(C)c([N+](=O)[O-])c1. The number of nitro benzene ring substituents is 1. The van der Waals surface area contributed by atoms with Crippen molar-refractivity contribution in [1.29, 1.82) is 0 Å². The number of para-hydroxylation sites is 1. The molecule has 0 spiro atoms. The zero-order chi connectivity index (χ0) is 22.4. The number of aryl methyl sites for hydroxylation is 2. The number of benzene rings is 2. The van der Waals surface area contributed by atoms with E-state index >= 15 is 0 Å². The van der Waals surface area contributed by atoms with E-state index in [0.717, 1.165) is 11.3 Å². The molecule has 0 bridgehead atoms. The molecule has 0 radical (unpaired) electrons. The van der Waals surface area contributed by atoms with E-state index in [0.29, 0.717) is 28.8 Å². The van der Waals surface area contributed by atoms with Crippen molar-refractivity contribution >= 4 is 29.0 Å². The third kappa shape index (κ3) is 5.60. The fourth-order valence-corrected chi connectivity index (χ4v) is 3.74. The van der Waals surface area contributed by atoms with Gasteiger partial charge in [-0.05, 0) is 38.5 Å². The molecule has 10 heteroatoms. The number of ether oxygens (including phenoxy) is 1. The summed E-state index contributed by atoms with van der Waals surface area (Å²) >= 11 is 1.25. The molecule has 1 aromatic heterocycles. The van der Waals surface area contributed by atoms with Crippen molar-refractivity contribution in [3.8, 4) is 5.75 Å². The van der Waals surface area contributed by atoms with Gasteiger partial charge in [-0.3, -0.25) is 14.9 Å². The van der Waals surface area contributed by atoms with E-state index in [1.54, 1.807) is 19.1 Å². The molecule has 0 saturated heterocycles. The number of aromatic nitrogens is 3. The molecule has 9 nitrogen and oxygen atoms in total. The standard InChI is InChI=1S/C21H23N5O4S/c1-4-25-19(12-30-18-8-6-5-7-15(18)3)23-24-21(25)31-13-20(27)22-16-10-9-14(2)17(11-16)26(28)29/h5-11H,4,12-13H2,1-3H3,(H,22,27). The van der Waals surface area contributed by atoms with Crippen molar-refractivity contribution in [2.45, 2.75) is 39.1 Å². The van der Waals surface area contributed by atoms with Gasteiger partial charge in [0.1, 0.15) is 12.4 Å². The molecule has 0 aliphatic carbocycles. The highest BCUT2D eigenvalue weighted by atomic mass is 32.2. The minimum absolute atomic E-state index is 0.0329. The van der Waals surface area contributed by atoms with E-state index < -0.39 is 4.92 Å². The third-order valence-electron chi connectivity index (χ3n) is 4.58. The maximum Gasteiger partial charge on any atom is 0.274 e. The van der Waals surface area contributed by atoms with Crippen molar-refractivity contribution in [3.63, 3.8) is 0 Å². The molecule has 3 rings (SSSR count). The number of thioether (sulfide) groups is 1. The van der Waals surface area contributed by atoms with Crippen LogP contribution in [0.1, 0.15) is 23.9 Å². The molecule has 162 valence electrons. The molecule has 31 heavy (non-hydrogen) atoms. The average molecular weight is 442 g/mol. The maximum absolute atomic E-state index is 12.3. The van der Waals surface area contributed by atoms with Gasteiger partial charge in [0.2, 0.25) is 5.91 Å². The van der Waals surface area contributed by atoms with Crippen LogP contribution in [0.5, 0.6) is 5.75 Å². The van der Waals surface area contributed by atoms with Gasteiger partial charge in [-0.25, -0.2) is 0 Å². The van der Waals surface area contributed by atoms with Crippen LogP contribution in [0.4, 0.5) is 11.4 Å². The van der Waals surface area contributed by atoms with Crippen molar-refractivity contribution in [1.82, 2.24) is 14.8 Å². The summed E-state index contributed by atoms with van der Waals surface area (Å²) in [6, 6.07) is 12.3. The summed E-state index contributed by atoms with van der Waals surface area (Å²) in [5.74, 6) is 1.27. The van der Waals surface area contributed by atoms with E-state index in [-0.39, 0.29) is 24.0 Å². The summed E-state index contributed by atoms with van der Waals surface area (Å²) in [4.78, 5) is 22.9. The zero-order valence-corrected chi connectivity index (χ0v) is 18.3. The predicted molar refractivity (Wildman–Crippen MR) is 118 cm³/mol. The Labute approximate surface area is 184 Å². The normalized spacial score (nSPS) is 10.7. The number of rotatable bonds is 9. The van der Waals surface area contributed by atoms with Crippen LogP contribution in [0.25, 0.3) is 0 Å². The summed E-state index contributed by atoms with van der Waals surface area (Å²) in [6.45, 7) is 6.50. The molecule has 0 atom stereocenters. The predicted octanol–water partition coefficient (Wildman–Crippen LogP) is 4.13. The highest BCUT2D eigenvalue weighted by Gasteiger charge is 2.16. The van der Waals surface area contributed by atoms with Crippen molar-refractivity contribution < 1.29 is 14.5 Å². The number of amides is 1. The quantitative estimate of drug-likeness (QED) is 0.302. The number of carbonyl (C=O) groups is 1. The number of nitro groups is 1. The number of nitrogens with zero attached hydrogens (tertiary/aromatic N) is 4. The lowest BCUT2D eigenvalue weighted by molar-refractivity contribution is -0.385. The molecule has 2 aromatic carbocycles. The lowest BCUT2D eigenvalue weighted by atomic mass is 10.2. The van der Waals surface area contributed by atoms with Crippen LogP contribution in [0.15, 0.2) is 47.6 Å². The highest BCUT2D eigenvalue weighted by molar-refractivity contribution is 7.99. The molecule has 0 aliphatic heterocycles. The number of hydrogen-bond acceptors (Lipinski definition) is 7. The van der Waals surface area contributed by atoms with Gasteiger partial charge in [-0.1, -0.05) is 36.0 Å². The molecule has 1 heterocycles. The van der Waals surface area contributed by atoms with Crippen LogP contribution >= 0.6 is 11.8 Å². The Morgan fingerprint density at radius 3 is 2.68 bits per heavy atom. The van der Waals surface area contributed by atoms with E-state index in [9.17, 15) is 14.9 Å². The number of anilines is 1. The molecule has 0 unspecified atom stereocenters. The average Bonchev–Trinajstić information content (AvgIpc) is 3.14. The second-order valence-corrected chi connectivity index (χ2v) is 7.73. The van der Waals surface area contributed by atoms with Crippen LogP contribution < -0.4 is 10.1 Å². The molecule has 1 N–H and O–H groups in total. The first-order valence-electron chi connectivity index (χ1n) is 9.67. The highest BCUT2D eigenvalue weighted by Crippen LogP contribution is 2.24. The van der Waals surface area contributed by atoms with E-state index in [4.69, 9.17) is 4.74 Å². The Kier molecular flexibility index (Phi) is 7.24. The molecule has 0 aliphatic rings. The van der Waals surface area contributed by atoms with Gasteiger partial charge in [0, 0.05) is 23.9 Å². The minimum Gasteiger partial charge on any atom is -0.485 e. The summed E-state index contributed by atoms with van der Waals surface area (Å²) < 4.78 is 7.75. The Morgan fingerprint density at radius 1 is 1.19 bits per heavy atom. The fourth-order valence-electron chi connectivity index (χ4n) is 2.92. The molecular weight excluding hydrogens is 418 g/mol. The smallest absolute Gasteiger partial charge is 0.274 e. The number of nitrogens with one attached hydrogen (secondary N) is 1. The summed E-state index contributed by atoms with van der Waals surface area (Å²) in [5.41, 5.74) is 1.92. The first-order valence-corrected chi connectivity index (χ1v) is 10.7. The molecule has 0 saturated carbocycles. The Balaban J connectivity index is 1.60. The van der Waals surface area contributed by atoms with Crippen LogP contribution in [-0.4, -0.2) is 31.3 Å². The topological polar surface area (TPSA) is 112 Å². The van der Waals surface area contributed by atoms with Crippen molar-refractivity contribution in [3.05, 3.63) is 69.5 Å². The molecule has 1 amide bonds. The second kappa shape index (κ2) is 10.1. The zero-order valence-electron chi connectivity index (χ0n) is 17.5. The molecular formula is C21H23N5O4S. The van der Waals surface area contributed by atoms with Gasteiger partial charge in [0.05, 0.1) is 10.7 Å². The second-order valence-electron chi connectivity index (χ2n) is 6.79. The first kappa shape index (κ1) is 22.3. The number of carbonyl (C=O) groups excluding carboxylic acids is 1. The molecule has 0 fully saturated rings. The first-order chi connectivity index (χ1) is 14.9. The Hall–Kier alpha value is -3.40. The van der Waals surface area contributed by atoms with E-state index in [1.807, 2.05) is 42.7 Å². The third-order valence-corrected chi connectivity index (χ3v) is 5.55. The summed E-state index contributed by atoms with van der Waals surface area (Å²) in [6.07, 6.45) is 0. The minimum atomic E-state index is -0.468. The Bertz CT molecular complexity index is 1100. The monoisotopic (exact) mass is 441 g/mol. The van der Waals surface area contributed by atoms with Crippen molar-refractivity contribution in [2.75, 3.05) is 11.1 Å². The van der Waals surface area contributed by atoms with Crippen LogP contribution in [0.2, 0.25) is 0 Å². The maximum atomic E-state index is 12.3. The van der Waals surface area contributed by atoms with Gasteiger partial charge in [-0.2, -0.15) is 0 Å². The van der Waals surface area contributed by atoms with Crippen molar-refractivity contribution in [2.24, 2.45) is 0 Å². The summed E-state index contributed by atoms with van der Waals surface area (Å²) in [5, 5.41) is 22.7. The van der Waals surface area contributed by atoms with Crippen LogP contribution in [0.3, 0.4) is 0 Å². The largest absolute Gasteiger partial charge is 0.485 e. The number of hydrogen-bond donors (Lipinski definition) is 1. The van der Waals surface area contributed by atoms with E-state index in [2.05, 4.69) is 15.5 Å². The van der Waals surface area contributed by atoms with Crippen LogP contribution in [0, 0.1) is 24.0 Å². The van der Waals surface area contributed by atoms with Gasteiger partial charge in [0.15, 0.2) is 11.0 Å². The van der Waals surface area contributed by atoms with Crippen LogP contribution in [-0.2, 0) is 17.9 Å². The lowest BCUT2D eigenvalue weighted by Crippen LogP contribution is -2.15. The lowest BCUT2D eigenvalue weighted by Gasteiger charge is -2.10. The van der Waals surface area contributed by atoms with Gasteiger partial charge in [0.25, 0.3) is 5.69 Å². The van der Waals surface area contributed by atoms with Gasteiger partial charge >= 0.3 is 0 Å². The fraction of sp³-hybridized carbons (Fsp3) is 0.286. The Morgan fingerprint density at radius 2 is 1.97 bits per heavy atom. The summed E-state index contributed by atoms with van der Waals surface area (Å²) in [7, 11) is 0. The van der Waals surface area contributed by atoms with Gasteiger partial charge in [-0.15, -0.1) is 10.2 Å². The van der Waals surface area contributed by atoms with E-state index in [1.165, 1.54) is 17.8 Å².